The highest BCUT2D eigenvalue weighted by Crippen LogP contribution is 2.30. The van der Waals surface area contributed by atoms with Crippen LogP contribution in [-0.2, 0) is 4.79 Å². The van der Waals surface area contributed by atoms with Crippen molar-refractivity contribution in [2.75, 3.05) is 18.0 Å². The molecular weight excluding hydrogens is 250 g/mol. The largest absolute Gasteiger partial charge is 0.478 e. The summed E-state index contributed by atoms with van der Waals surface area (Å²) >= 11 is 6.20. The highest BCUT2D eigenvalue weighted by molar-refractivity contribution is 6.33. The van der Waals surface area contributed by atoms with Gasteiger partial charge < -0.3 is 10.0 Å². The number of carboxylic acids is 1. The maximum Gasteiger partial charge on any atom is 0.328 e. The van der Waals surface area contributed by atoms with Gasteiger partial charge in [-0.25, -0.2) is 4.79 Å². The molecule has 0 spiro atoms. The van der Waals surface area contributed by atoms with Crippen LogP contribution in [0.1, 0.15) is 12.5 Å². The van der Waals surface area contributed by atoms with E-state index in [1.807, 2.05) is 17.9 Å². The Balaban J connectivity index is 3.21. The van der Waals surface area contributed by atoms with Crippen LogP contribution in [0.5, 0.6) is 0 Å². The Morgan fingerprint density at radius 1 is 1.56 bits per heavy atom. The number of hydrogen-bond donors (Lipinski definition) is 1. The summed E-state index contributed by atoms with van der Waals surface area (Å²) in [6.45, 7) is 7.15. The van der Waals surface area contributed by atoms with Crippen molar-refractivity contribution >= 4 is 29.3 Å². The van der Waals surface area contributed by atoms with Crippen molar-refractivity contribution < 1.29 is 9.90 Å². The fraction of sp³-hybridized carbons (Fsp3) is 0.214. The van der Waals surface area contributed by atoms with E-state index in [1.54, 1.807) is 24.3 Å². The summed E-state index contributed by atoms with van der Waals surface area (Å²) in [5.41, 5.74) is 1.62. The molecule has 96 valence electrons. The number of nitrogens with zero attached hydrogens (tertiary/aromatic N) is 1. The molecule has 0 bridgehead atoms. The van der Waals surface area contributed by atoms with E-state index in [0.29, 0.717) is 11.6 Å². The molecule has 0 atom stereocenters. The lowest BCUT2D eigenvalue weighted by atomic mass is 10.1. The summed E-state index contributed by atoms with van der Waals surface area (Å²) in [5.74, 6) is -0.979. The van der Waals surface area contributed by atoms with E-state index in [9.17, 15) is 4.79 Å². The predicted octanol–water partition coefficient (Wildman–Crippen LogP) is 3.45. The lowest BCUT2D eigenvalue weighted by Crippen LogP contribution is -2.23. The Morgan fingerprint density at radius 2 is 2.28 bits per heavy atom. The third-order valence-electron chi connectivity index (χ3n) is 2.47. The average molecular weight is 266 g/mol. The first-order chi connectivity index (χ1) is 8.60. The predicted molar refractivity (Wildman–Crippen MR) is 76.2 cm³/mol. The first kappa shape index (κ1) is 14.3. The summed E-state index contributed by atoms with van der Waals surface area (Å²) in [5, 5.41) is 9.29. The second-order valence-electron chi connectivity index (χ2n) is 3.68. The summed E-state index contributed by atoms with van der Waals surface area (Å²) in [4.78, 5) is 12.6. The number of halogens is 1. The standard InChI is InChI=1S/C14H16ClNO2/c1-3-10-16(4-2)14-11(8-9-13(17)18)6-5-7-12(14)15/h3,5-9H,1,4,10H2,2H3,(H,17,18)/b9-8+. The van der Waals surface area contributed by atoms with E-state index in [0.717, 1.165) is 23.9 Å². The molecule has 1 rings (SSSR count). The summed E-state index contributed by atoms with van der Waals surface area (Å²) in [6, 6.07) is 5.43. The van der Waals surface area contributed by atoms with Crippen LogP contribution in [0, 0.1) is 0 Å². The number of rotatable bonds is 6. The van der Waals surface area contributed by atoms with E-state index in [2.05, 4.69) is 6.58 Å². The van der Waals surface area contributed by atoms with Gasteiger partial charge in [-0.05, 0) is 24.6 Å². The first-order valence-electron chi connectivity index (χ1n) is 5.65. The highest BCUT2D eigenvalue weighted by atomic mass is 35.5. The fourth-order valence-electron chi connectivity index (χ4n) is 1.70. The van der Waals surface area contributed by atoms with Gasteiger partial charge in [0.2, 0.25) is 0 Å². The number of likely N-dealkylation sites (N-methyl/N-ethyl adjacent to an activating group) is 1. The molecule has 0 aliphatic heterocycles. The SMILES string of the molecule is C=CCN(CC)c1c(Cl)cccc1/C=C/C(=O)O. The summed E-state index contributed by atoms with van der Waals surface area (Å²) < 4.78 is 0. The third kappa shape index (κ3) is 3.64. The van der Waals surface area contributed by atoms with Crippen LogP contribution in [0.15, 0.2) is 36.9 Å². The Hall–Kier alpha value is -1.74. The van der Waals surface area contributed by atoms with Crippen LogP contribution in [0.4, 0.5) is 5.69 Å². The Labute approximate surface area is 112 Å². The lowest BCUT2D eigenvalue weighted by Gasteiger charge is -2.24. The third-order valence-corrected chi connectivity index (χ3v) is 2.78. The minimum atomic E-state index is -0.979. The van der Waals surface area contributed by atoms with Gasteiger partial charge in [-0.2, -0.15) is 0 Å². The van der Waals surface area contributed by atoms with Gasteiger partial charge in [0.15, 0.2) is 0 Å². The molecule has 0 fully saturated rings. The number of benzene rings is 1. The fourth-order valence-corrected chi connectivity index (χ4v) is 2.00. The Bertz CT molecular complexity index is 469. The molecule has 0 aliphatic carbocycles. The molecule has 0 heterocycles. The Kier molecular flexibility index (Phi) is 5.46. The van der Waals surface area contributed by atoms with Crippen molar-refractivity contribution in [3.05, 3.63) is 47.5 Å². The molecular formula is C14H16ClNO2. The van der Waals surface area contributed by atoms with Crippen LogP contribution < -0.4 is 4.90 Å². The van der Waals surface area contributed by atoms with Crippen molar-refractivity contribution in [3.8, 4) is 0 Å². The molecule has 0 saturated heterocycles. The molecule has 0 amide bonds. The normalized spacial score (nSPS) is 10.6. The Morgan fingerprint density at radius 3 is 2.83 bits per heavy atom. The molecule has 1 N–H and O–H groups in total. The maximum atomic E-state index is 10.6. The molecule has 0 aliphatic rings. The molecule has 3 nitrogen and oxygen atoms in total. The van der Waals surface area contributed by atoms with E-state index in [-0.39, 0.29) is 0 Å². The average Bonchev–Trinajstić information content (AvgIpc) is 2.34. The van der Waals surface area contributed by atoms with Gasteiger partial charge in [0, 0.05) is 19.2 Å². The van der Waals surface area contributed by atoms with E-state index < -0.39 is 5.97 Å². The van der Waals surface area contributed by atoms with E-state index in [1.165, 1.54) is 0 Å². The van der Waals surface area contributed by atoms with Crippen molar-refractivity contribution in [1.29, 1.82) is 0 Å². The van der Waals surface area contributed by atoms with Gasteiger partial charge in [-0.3, -0.25) is 0 Å². The molecule has 0 aromatic heterocycles. The van der Waals surface area contributed by atoms with Gasteiger partial charge in [-0.15, -0.1) is 6.58 Å². The quantitative estimate of drug-likeness (QED) is 0.633. The van der Waals surface area contributed by atoms with Crippen LogP contribution in [0.25, 0.3) is 6.08 Å². The van der Waals surface area contributed by atoms with Crippen molar-refractivity contribution in [2.24, 2.45) is 0 Å². The zero-order chi connectivity index (χ0) is 13.5. The topological polar surface area (TPSA) is 40.5 Å². The van der Waals surface area contributed by atoms with Gasteiger partial charge in [-0.1, -0.05) is 29.8 Å². The van der Waals surface area contributed by atoms with E-state index >= 15 is 0 Å². The number of aliphatic carboxylic acids is 1. The first-order valence-corrected chi connectivity index (χ1v) is 6.03. The number of carboxylic acid groups (broad SMARTS) is 1. The van der Waals surface area contributed by atoms with Crippen molar-refractivity contribution in [2.45, 2.75) is 6.92 Å². The molecule has 0 saturated carbocycles. The molecule has 0 unspecified atom stereocenters. The molecule has 0 radical (unpaired) electrons. The monoisotopic (exact) mass is 265 g/mol. The minimum Gasteiger partial charge on any atom is -0.478 e. The second-order valence-corrected chi connectivity index (χ2v) is 4.08. The van der Waals surface area contributed by atoms with Crippen LogP contribution in [-0.4, -0.2) is 24.2 Å². The van der Waals surface area contributed by atoms with Crippen LogP contribution in [0.3, 0.4) is 0 Å². The molecule has 1 aromatic rings. The summed E-state index contributed by atoms with van der Waals surface area (Å²) in [7, 11) is 0. The maximum absolute atomic E-state index is 10.6. The van der Waals surface area contributed by atoms with Crippen LogP contribution in [0.2, 0.25) is 5.02 Å². The van der Waals surface area contributed by atoms with Crippen molar-refractivity contribution in [3.63, 3.8) is 0 Å². The zero-order valence-electron chi connectivity index (χ0n) is 10.3. The van der Waals surface area contributed by atoms with Gasteiger partial charge in [0.05, 0.1) is 10.7 Å². The number of para-hydroxylation sites is 1. The van der Waals surface area contributed by atoms with Crippen molar-refractivity contribution in [1.82, 2.24) is 0 Å². The summed E-state index contributed by atoms with van der Waals surface area (Å²) in [6.07, 6.45) is 4.45. The zero-order valence-corrected chi connectivity index (χ0v) is 11.0. The number of anilines is 1. The minimum absolute atomic E-state index is 0.603. The molecule has 18 heavy (non-hydrogen) atoms. The number of hydrogen-bond acceptors (Lipinski definition) is 2. The van der Waals surface area contributed by atoms with Gasteiger partial charge in [0.25, 0.3) is 0 Å². The highest BCUT2D eigenvalue weighted by Gasteiger charge is 2.11. The molecule has 4 heteroatoms. The van der Waals surface area contributed by atoms with Crippen LogP contribution >= 0.6 is 11.6 Å². The smallest absolute Gasteiger partial charge is 0.328 e. The lowest BCUT2D eigenvalue weighted by molar-refractivity contribution is -0.131. The van der Waals surface area contributed by atoms with Gasteiger partial charge >= 0.3 is 5.97 Å². The second kappa shape index (κ2) is 6.87. The number of carbonyl (C=O) groups is 1. The van der Waals surface area contributed by atoms with E-state index in [4.69, 9.17) is 16.7 Å². The molecule has 1 aromatic carbocycles. The van der Waals surface area contributed by atoms with Gasteiger partial charge in [0.1, 0.15) is 0 Å².